The molecule has 0 bridgehead atoms. The highest BCUT2D eigenvalue weighted by molar-refractivity contribution is 7.13. The number of hydrogen-bond donors (Lipinski definition) is 0. The zero-order chi connectivity index (χ0) is 22.0. The number of amides is 1. The van der Waals surface area contributed by atoms with Gasteiger partial charge < -0.3 is 14.1 Å². The number of piperidine rings is 1. The second-order valence-electron chi connectivity index (χ2n) is 8.91. The average molecular weight is 441 g/mol. The standard InChI is InChI=1S/C23H28N4O3S/c1-15-25-26-20(29-15)13-16-6-5-7-18(12-16)21-24-19(14-31-21)17-8-10-27(11-9-17)22(28)30-23(2,3)4/h5-7,12,14,17H,8-11,13H2,1-4H3. The lowest BCUT2D eigenvalue weighted by molar-refractivity contribution is 0.0204. The van der Waals surface area contributed by atoms with Crippen LogP contribution in [0.4, 0.5) is 4.79 Å². The number of hydrogen-bond acceptors (Lipinski definition) is 7. The van der Waals surface area contributed by atoms with Gasteiger partial charge in [-0.1, -0.05) is 18.2 Å². The van der Waals surface area contributed by atoms with E-state index in [4.69, 9.17) is 14.1 Å². The Morgan fingerprint density at radius 2 is 2.03 bits per heavy atom. The molecule has 0 N–H and O–H groups in total. The fraction of sp³-hybridized carbons (Fsp3) is 0.478. The Bertz CT molecular complexity index is 1050. The number of nitrogens with zero attached hydrogens (tertiary/aromatic N) is 4. The second kappa shape index (κ2) is 8.78. The van der Waals surface area contributed by atoms with Crippen LogP contribution in [0.5, 0.6) is 0 Å². The summed E-state index contributed by atoms with van der Waals surface area (Å²) in [5.41, 5.74) is 2.86. The highest BCUT2D eigenvalue weighted by Gasteiger charge is 2.28. The first-order valence-electron chi connectivity index (χ1n) is 10.6. The quantitative estimate of drug-likeness (QED) is 0.554. The third-order valence-corrected chi connectivity index (χ3v) is 6.09. The summed E-state index contributed by atoms with van der Waals surface area (Å²) in [5.74, 6) is 1.56. The van der Waals surface area contributed by atoms with Gasteiger partial charge in [0.25, 0.3) is 0 Å². The summed E-state index contributed by atoms with van der Waals surface area (Å²) in [6.45, 7) is 8.88. The summed E-state index contributed by atoms with van der Waals surface area (Å²) in [4.78, 5) is 19.0. The van der Waals surface area contributed by atoms with Crippen LogP contribution in [0.15, 0.2) is 34.1 Å². The van der Waals surface area contributed by atoms with E-state index in [0.29, 0.717) is 37.2 Å². The molecule has 0 spiro atoms. The summed E-state index contributed by atoms with van der Waals surface area (Å²) in [5, 5.41) is 11.1. The van der Waals surface area contributed by atoms with Gasteiger partial charge in [0.2, 0.25) is 11.8 Å². The highest BCUT2D eigenvalue weighted by Crippen LogP contribution is 2.33. The molecule has 1 fully saturated rings. The van der Waals surface area contributed by atoms with Crippen molar-refractivity contribution in [2.45, 2.75) is 58.5 Å². The van der Waals surface area contributed by atoms with Crippen LogP contribution in [-0.4, -0.2) is 44.9 Å². The molecule has 3 aromatic rings. The van der Waals surface area contributed by atoms with Gasteiger partial charge in [0.15, 0.2) is 0 Å². The average Bonchev–Trinajstić information content (AvgIpc) is 3.36. The molecule has 3 heterocycles. The van der Waals surface area contributed by atoms with Crippen molar-refractivity contribution in [2.24, 2.45) is 0 Å². The summed E-state index contributed by atoms with van der Waals surface area (Å²) >= 11 is 1.66. The number of likely N-dealkylation sites (tertiary alicyclic amines) is 1. The van der Waals surface area contributed by atoms with Crippen molar-refractivity contribution in [3.8, 4) is 10.6 Å². The van der Waals surface area contributed by atoms with E-state index in [-0.39, 0.29) is 6.09 Å². The van der Waals surface area contributed by atoms with E-state index in [1.165, 1.54) is 0 Å². The summed E-state index contributed by atoms with van der Waals surface area (Å²) in [6.07, 6.45) is 2.19. The lowest BCUT2D eigenvalue weighted by Crippen LogP contribution is -2.41. The molecule has 31 heavy (non-hydrogen) atoms. The number of aryl methyl sites for hydroxylation is 1. The zero-order valence-electron chi connectivity index (χ0n) is 18.4. The second-order valence-corrected chi connectivity index (χ2v) is 9.77. The van der Waals surface area contributed by atoms with Gasteiger partial charge in [0.05, 0.1) is 12.1 Å². The van der Waals surface area contributed by atoms with Gasteiger partial charge in [0, 0.05) is 36.9 Å². The summed E-state index contributed by atoms with van der Waals surface area (Å²) in [7, 11) is 0. The van der Waals surface area contributed by atoms with Crippen molar-refractivity contribution < 1.29 is 13.9 Å². The Kier molecular flexibility index (Phi) is 6.09. The van der Waals surface area contributed by atoms with Crippen molar-refractivity contribution in [1.82, 2.24) is 20.1 Å². The number of ether oxygens (including phenoxy) is 1. The topological polar surface area (TPSA) is 81.4 Å². The predicted octanol–water partition coefficient (Wildman–Crippen LogP) is 5.21. The molecule has 1 aliphatic heterocycles. The lowest BCUT2D eigenvalue weighted by Gasteiger charge is -2.32. The molecule has 164 valence electrons. The number of rotatable bonds is 4. The normalized spacial score (nSPS) is 15.3. The fourth-order valence-corrected chi connectivity index (χ4v) is 4.59. The van der Waals surface area contributed by atoms with Crippen molar-refractivity contribution >= 4 is 17.4 Å². The minimum atomic E-state index is -0.464. The van der Waals surface area contributed by atoms with E-state index in [2.05, 4.69) is 33.8 Å². The van der Waals surface area contributed by atoms with E-state index in [0.717, 1.165) is 34.7 Å². The minimum absolute atomic E-state index is 0.224. The third-order valence-electron chi connectivity index (χ3n) is 5.18. The Labute approximate surface area is 186 Å². The van der Waals surface area contributed by atoms with Crippen LogP contribution < -0.4 is 0 Å². The number of thiazole rings is 1. The molecule has 0 aliphatic carbocycles. The van der Waals surface area contributed by atoms with Crippen LogP contribution in [0.2, 0.25) is 0 Å². The molecule has 0 radical (unpaired) electrons. The van der Waals surface area contributed by atoms with Crippen molar-refractivity contribution in [2.75, 3.05) is 13.1 Å². The maximum atomic E-state index is 12.3. The first-order chi connectivity index (χ1) is 14.8. The number of aromatic nitrogens is 3. The lowest BCUT2D eigenvalue weighted by atomic mass is 9.94. The van der Waals surface area contributed by atoms with Gasteiger partial charge in [-0.15, -0.1) is 21.5 Å². The summed E-state index contributed by atoms with van der Waals surface area (Å²) < 4.78 is 11.0. The van der Waals surface area contributed by atoms with Crippen molar-refractivity contribution in [3.63, 3.8) is 0 Å². The van der Waals surface area contributed by atoms with Crippen molar-refractivity contribution in [3.05, 3.63) is 52.7 Å². The summed E-state index contributed by atoms with van der Waals surface area (Å²) in [6, 6.07) is 8.31. The molecule has 0 atom stereocenters. The van der Waals surface area contributed by atoms with Gasteiger partial charge in [-0.2, -0.15) is 0 Å². The monoisotopic (exact) mass is 440 g/mol. The smallest absolute Gasteiger partial charge is 0.410 e. The van der Waals surface area contributed by atoms with Gasteiger partial charge in [-0.05, 0) is 45.2 Å². The Morgan fingerprint density at radius 1 is 1.26 bits per heavy atom. The molecule has 4 rings (SSSR count). The molecule has 0 saturated carbocycles. The molecular weight excluding hydrogens is 412 g/mol. The van der Waals surface area contributed by atoms with E-state index < -0.39 is 5.60 Å². The van der Waals surface area contributed by atoms with Crippen LogP contribution >= 0.6 is 11.3 Å². The van der Waals surface area contributed by atoms with E-state index in [9.17, 15) is 4.79 Å². The zero-order valence-corrected chi connectivity index (χ0v) is 19.2. The molecule has 0 unspecified atom stereocenters. The largest absolute Gasteiger partial charge is 0.444 e. The maximum absolute atomic E-state index is 12.3. The van der Waals surface area contributed by atoms with Crippen LogP contribution in [0, 0.1) is 6.92 Å². The number of benzene rings is 1. The van der Waals surface area contributed by atoms with E-state index in [1.54, 1.807) is 23.2 Å². The Hall–Kier alpha value is -2.74. The fourth-order valence-electron chi connectivity index (χ4n) is 3.69. The Morgan fingerprint density at radius 3 is 2.71 bits per heavy atom. The molecule has 1 aliphatic rings. The van der Waals surface area contributed by atoms with Crippen LogP contribution in [0.3, 0.4) is 0 Å². The van der Waals surface area contributed by atoms with Gasteiger partial charge >= 0.3 is 6.09 Å². The van der Waals surface area contributed by atoms with Gasteiger partial charge in [0.1, 0.15) is 10.6 Å². The van der Waals surface area contributed by atoms with Gasteiger partial charge in [-0.25, -0.2) is 9.78 Å². The van der Waals surface area contributed by atoms with Crippen LogP contribution in [-0.2, 0) is 11.2 Å². The van der Waals surface area contributed by atoms with Crippen molar-refractivity contribution in [1.29, 1.82) is 0 Å². The molecular formula is C23H28N4O3S. The van der Waals surface area contributed by atoms with Gasteiger partial charge in [-0.3, -0.25) is 0 Å². The number of carbonyl (C=O) groups excluding carboxylic acids is 1. The van der Waals surface area contributed by atoms with Crippen LogP contribution in [0.1, 0.15) is 62.6 Å². The molecule has 1 saturated heterocycles. The minimum Gasteiger partial charge on any atom is -0.444 e. The molecule has 8 heteroatoms. The maximum Gasteiger partial charge on any atom is 0.410 e. The highest BCUT2D eigenvalue weighted by atomic mass is 32.1. The number of carbonyl (C=O) groups is 1. The van der Waals surface area contributed by atoms with E-state index in [1.807, 2.05) is 26.8 Å². The molecule has 1 amide bonds. The SMILES string of the molecule is Cc1nnc(Cc2cccc(-c3nc(C4CCN(C(=O)OC(C)(C)C)CC4)cs3)c2)o1. The van der Waals surface area contributed by atoms with E-state index >= 15 is 0 Å². The first-order valence-corrected chi connectivity index (χ1v) is 11.5. The third kappa shape index (κ3) is 5.50. The van der Waals surface area contributed by atoms with Crippen LogP contribution in [0.25, 0.3) is 10.6 Å². The predicted molar refractivity (Wildman–Crippen MR) is 119 cm³/mol. The first kappa shape index (κ1) is 21.5. The molecule has 2 aromatic heterocycles. The Balaban J connectivity index is 1.39. The molecule has 7 nitrogen and oxygen atoms in total. The molecule has 1 aromatic carbocycles.